The van der Waals surface area contributed by atoms with Crippen LogP contribution in [0.25, 0.3) is 54.6 Å². The third kappa shape index (κ3) is 5.54. The fourth-order valence-electron chi connectivity index (χ4n) is 5.42. The van der Waals surface area contributed by atoms with Crippen LogP contribution in [-0.2, 0) is 16.6 Å². The van der Waals surface area contributed by atoms with Gasteiger partial charge in [0.05, 0.1) is 21.5 Å². The van der Waals surface area contributed by atoms with Crippen molar-refractivity contribution < 1.29 is 14.6 Å². The number of halogens is 1. The predicted molar refractivity (Wildman–Crippen MR) is 173 cm³/mol. The van der Waals surface area contributed by atoms with Gasteiger partial charge in [-0.1, -0.05) is 23.7 Å². The maximum Gasteiger partial charge on any atom is 0.337 e. The van der Waals surface area contributed by atoms with Gasteiger partial charge in [0.1, 0.15) is 10.8 Å². The van der Waals surface area contributed by atoms with Gasteiger partial charge >= 0.3 is 5.97 Å². The molecule has 6 rings (SSSR count). The van der Waals surface area contributed by atoms with E-state index in [0.29, 0.717) is 10.6 Å². The normalized spacial score (nSPS) is 12.7. The van der Waals surface area contributed by atoms with Crippen molar-refractivity contribution in [1.82, 2.24) is 19.5 Å². The number of nitrogens with zero attached hydrogens (tertiary/aromatic N) is 4. The molecule has 0 spiro atoms. The maximum atomic E-state index is 12.6. The lowest BCUT2D eigenvalue weighted by atomic mass is 9.91. The van der Waals surface area contributed by atoms with Gasteiger partial charge in [0.25, 0.3) is 0 Å². The molecule has 1 atom stereocenters. The van der Waals surface area contributed by atoms with Crippen molar-refractivity contribution in [3.63, 3.8) is 0 Å². The predicted octanol–water partition coefficient (Wildman–Crippen LogP) is 8.74. The molecule has 4 aromatic rings. The summed E-state index contributed by atoms with van der Waals surface area (Å²) in [5, 5.41) is 11.8. The molecule has 0 saturated carbocycles. The number of hydrogen-bond donors (Lipinski definition) is 1. The first kappa shape index (κ1) is 29.0. The van der Waals surface area contributed by atoms with Gasteiger partial charge < -0.3 is 14.4 Å². The molecule has 0 fully saturated rings. The smallest absolute Gasteiger partial charge is 0.337 e. The molecule has 2 aromatic carbocycles. The summed E-state index contributed by atoms with van der Waals surface area (Å²) < 4.78 is 9.04. The first-order valence-corrected chi connectivity index (χ1v) is 15.1. The van der Waals surface area contributed by atoms with Crippen LogP contribution >= 0.6 is 22.9 Å². The number of carboxylic acid groups (broad SMARTS) is 1. The number of benzene rings is 2. The van der Waals surface area contributed by atoms with E-state index in [2.05, 4.69) is 23.0 Å². The Hall–Kier alpha value is -4.11. The zero-order valence-corrected chi connectivity index (χ0v) is 26.3. The summed E-state index contributed by atoms with van der Waals surface area (Å²) >= 11 is 7.77. The first-order chi connectivity index (χ1) is 20.4. The van der Waals surface area contributed by atoms with E-state index in [9.17, 15) is 9.90 Å². The molecular weight excluding hydrogens is 580 g/mol. The second kappa shape index (κ2) is 10.9. The van der Waals surface area contributed by atoms with E-state index in [1.165, 1.54) is 11.3 Å². The number of thiazole rings is 1. The molecule has 2 aliphatic rings. The van der Waals surface area contributed by atoms with E-state index >= 15 is 0 Å². The summed E-state index contributed by atoms with van der Waals surface area (Å²) in [5.74, 6) is -0.115. The summed E-state index contributed by atoms with van der Waals surface area (Å²) in [4.78, 5) is 26.9. The van der Waals surface area contributed by atoms with E-state index < -0.39 is 17.7 Å². The fraction of sp³-hybridized carbons (Fsp3) is 0.235. The van der Waals surface area contributed by atoms with Crippen LogP contribution in [0.2, 0.25) is 5.02 Å². The first-order valence-electron chi connectivity index (χ1n) is 13.9. The van der Waals surface area contributed by atoms with Crippen molar-refractivity contribution in [3.8, 4) is 44.3 Å². The van der Waals surface area contributed by atoms with E-state index in [1.807, 2.05) is 94.2 Å². The van der Waals surface area contributed by atoms with Crippen molar-refractivity contribution in [2.24, 2.45) is 7.05 Å². The fourth-order valence-corrected chi connectivity index (χ4v) is 6.67. The molecule has 43 heavy (non-hydrogen) atoms. The van der Waals surface area contributed by atoms with Crippen LogP contribution in [0.3, 0.4) is 0 Å². The van der Waals surface area contributed by atoms with Crippen LogP contribution < -0.4 is 0 Å². The molecule has 2 aliphatic heterocycles. The zero-order valence-electron chi connectivity index (χ0n) is 24.8. The summed E-state index contributed by atoms with van der Waals surface area (Å²) in [6, 6.07) is 15.5. The molecule has 0 bridgehead atoms. The summed E-state index contributed by atoms with van der Waals surface area (Å²) in [6.07, 6.45) is 4.55. The van der Waals surface area contributed by atoms with Crippen molar-refractivity contribution >= 4 is 39.1 Å². The number of ether oxygens (including phenoxy) is 1. The number of rotatable bonds is 6. The highest BCUT2D eigenvalue weighted by Crippen LogP contribution is 2.44. The molecule has 0 saturated heterocycles. The molecule has 1 N–H and O–H groups in total. The molecule has 7 nitrogen and oxygen atoms in total. The number of aryl methyl sites for hydroxylation is 3. The lowest BCUT2D eigenvalue weighted by Crippen LogP contribution is -2.28. The Morgan fingerprint density at radius 1 is 1.00 bits per heavy atom. The van der Waals surface area contributed by atoms with Crippen LogP contribution in [0.1, 0.15) is 43.6 Å². The Balaban J connectivity index is 1.54. The standard InChI is InChI=1S/C34H31ClN4O3S/c1-18-13-26-30(28(20-7-9-23(35)10-8-20)27(18)29(33(40)41)42-34(3,4)5)43-32(38-26)21-11-12-36-25(15-21)22-14-24-19(2)16-37-31(24)39(6)17-22/h7-17,29H,1-6H3,(H,40,41)/t29-/m0/s1. The Labute approximate surface area is 259 Å². The van der Waals surface area contributed by atoms with Crippen LogP contribution in [0.15, 0.2) is 67.1 Å². The summed E-state index contributed by atoms with van der Waals surface area (Å²) in [5.41, 5.74) is 8.10. The van der Waals surface area contributed by atoms with Crippen molar-refractivity contribution in [2.45, 2.75) is 46.3 Å². The molecule has 9 heteroatoms. The van der Waals surface area contributed by atoms with Gasteiger partial charge in [0, 0.05) is 58.5 Å². The average molecular weight is 611 g/mol. The van der Waals surface area contributed by atoms with Crippen LogP contribution in [0, 0.1) is 13.8 Å². The highest BCUT2D eigenvalue weighted by molar-refractivity contribution is 7.22. The molecule has 2 aromatic heterocycles. The lowest BCUT2D eigenvalue weighted by molar-refractivity contribution is -0.160. The highest BCUT2D eigenvalue weighted by Gasteiger charge is 2.32. The van der Waals surface area contributed by atoms with Gasteiger partial charge in [-0.05, 0) is 87.7 Å². The van der Waals surface area contributed by atoms with E-state index in [4.69, 9.17) is 21.3 Å². The van der Waals surface area contributed by atoms with E-state index in [1.54, 1.807) is 6.20 Å². The highest BCUT2D eigenvalue weighted by atomic mass is 35.5. The molecule has 0 radical (unpaired) electrons. The van der Waals surface area contributed by atoms with E-state index in [-0.39, 0.29) is 0 Å². The average Bonchev–Trinajstić information content (AvgIpc) is 3.55. The van der Waals surface area contributed by atoms with Crippen LogP contribution in [0.5, 0.6) is 0 Å². The van der Waals surface area contributed by atoms with Gasteiger partial charge in [-0.25, -0.2) is 14.8 Å². The number of hydrogen-bond acceptors (Lipinski definition) is 6. The molecule has 218 valence electrons. The third-order valence-corrected chi connectivity index (χ3v) is 8.72. The van der Waals surface area contributed by atoms with Gasteiger partial charge in [-0.3, -0.25) is 4.98 Å². The van der Waals surface area contributed by atoms with Crippen LogP contribution in [0.4, 0.5) is 0 Å². The molecule has 0 amide bonds. The number of aliphatic carboxylic acids is 1. The second-order valence-corrected chi connectivity index (χ2v) is 13.2. The molecular formula is C34H31ClN4O3S. The lowest BCUT2D eigenvalue weighted by Gasteiger charge is -2.28. The topological polar surface area (TPSA) is 90.1 Å². The van der Waals surface area contributed by atoms with Gasteiger partial charge in [-0.2, -0.15) is 0 Å². The maximum absolute atomic E-state index is 12.6. The van der Waals surface area contributed by atoms with Crippen LogP contribution in [-0.4, -0.2) is 36.2 Å². The monoisotopic (exact) mass is 610 g/mol. The summed E-state index contributed by atoms with van der Waals surface area (Å²) in [6.45, 7) is 9.55. The number of fused-ring (bicyclic) bond motifs is 2. The SMILES string of the molecule is Cc1cnc2n(C)cc(-c3cc(-c4nc5cc(C)c([C@H](OC(C)(C)C)C(=O)O)c(-c6ccc(Cl)cc6)c5s4)ccn3)cc1-2. The summed E-state index contributed by atoms with van der Waals surface area (Å²) in [7, 11) is 1.99. The molecule has 0 aliphatic carbocycles. The van der Waals surface area contributed by atoms with Gasteiger partial charge in [0.15, 0.2) is 6.10 Å². The minimum atomic E-state index is -1.17. The minimum absolute atomic E-state index is 0.601. The number of carboxylic acids is 1. The Morgan fingerprint density at radius 3 is 2.44 bits per heavy atom. The quantitative estimate of drug-likeness (QED) is 0.203. The van der Waals surface area contributed by atoms with E-state index in [0.717, 1.165) is 65.7 Å². The largest absolute Gasteiger partial charge is 0.479 e. The van der Waals surface area contributed by atoms with Crippen molar-refractivity contribution in [1.29, 1.82) is 0 Å². The Bertz CT molecular complexity index is 1970. The third-order valence-electron chi connectivity index (χ3n) is 7.33. The Morgan fingerprint density at radius 2 is 1.74 bits per heavy atom. The van der Waals surface area contributed by atoms with Gasteiger partial charge in [-0.15, -0.1) is 11.3 Å². The molecule has 4 heterocycles. The van der Waals surface area contributed by atoms with Crippen molar-refractivity contribution in [3.05, 3.63) is 88.8 Å². The second-order valence-electron chi connectivity index (χ2n) is 11.8. The van der Waals surface area contributed by atoms with Crippen molar-refractivity contribution in [2.75, 3.05) is 0 Å². The minimum Gasteiger partial charge on any atom is -0.479 e. The number of aromatic nitrogens is 4. The Kier molecular flexibility index (Phi) is 7.32. The van der Waals surface area contributed by atoms with Gasteiger partial charge in [0.2, 0.25) is 0 Å². The zero-order chi connectivity index (χ0) is 30.6. The molecule has 0 unspecified atom stereocenters. The number of pyridine rings is 2. The number of carbonyl (C=O) groups is 1.